The summed E-state index contributed by atoms with van der Waals surface area (Å²) in [7, 11) is -3.72. The summed E-state index contributed by atoms with van der Waals surface area (Å²) >= 11 is 6.13. The average molecular weight is 339 g/mol. The summed E-state index contributed by atoms with van der Waals surface area (Å²) in [5.41, 5.74) is 2.28. The highest BCUT2D eigenvalue weighted by molar-refractivity contribution is 7.92. The van der Waals surface area contributed by atoms with Gasteiger partial charge in [0.2, 0.25) is 0 Å². The molecular weight excluding hydrogens is 324 g/mol. The van der Waals surface area contributed by atoms with E-state index in [0.29, 0.717) is 10.6 Å². The molecule has 0 saturated carbocycles. The van der Waals surface area contributed by atoms with Crippen LogP contribution in [0.3, 0.4) is 0 Å². The molecule has 6 heteroatoms. The first-order valence-electron chi connectivity index (χ1n) is 6.59. The van der Waals surface area contributed by atoms with Crippen molar-refractivity contribution in [2.45, 2.75) is 12.2 Å². The molecule has 116 valence electrons. The van der Waals surface area contributed by atoms with Crippen molar-refractivity contribution in [1.82, 2.24) is 0 Å². The van der Waals surface area contributed by atoms with Gasteiger partial charge in [-0.2, -0.15) is 0 Å². The standard InChI is InChI=1S/C16H15ClO4S/c1-11(22(20,21)10-16(18)19)12-6-8-13(9-7-12)14-4-2-3-5-15(14)17/h2-9,11H,10H2,1H3,(H,18,19). The lowest BCUT2D eigenvalue weighted by atomic mass is 10.0. The molecule has 4 nitrogen and oxygen atoms in total. The van der Waals surface area contributed by atoms with Gasteiger partial charge in [0.25, 0.3) is 0 Å². The monoisotopic (exact) mass is 338 g/mol. The van der Waals surface area contributed by atoms with Crippen LogP contribution in [0.2, 0.25) is 5.02 Å². The Bertz CT molecular complexity index is 782. The number of carboxylic acids is 1. The average Bonchev–Trinajstić information content (AvgIpc) is 2.46. The number of rotatable bonds is 5. The van der Waals surface area contributed by atoms with Crippen molar-refractivity contribution in [1.29, 1.82) is 0 Å². The molecule has 0 aliphatic rings. The van der Waals surface area contributed by atoms with Gasteiger partial charge in [-0.3, -0.25) is 4.79 Å². The number of sulfone groups is 1. The maximum atomic E-state index is 11.9. The number of hydrogen-bond acceptors (Lipinski definition) is 3. The van der Waals surface area contributed by atoms with Crippen LogP contribution in [0.1, 0.15) is 17.7 Å². The van der Waals surface area contributed by atoms with E-state index in [0.717, 1.165) is 11.1 Å². The van der Waals surface area contributed by atoms with Gasteiger partial charge in [-0.05, 0) is 24.1 Å². The normalized spacial score (nSPS) is 12.8. The van der Waals surface area contributed by atoms with Crippen LogP contribution >= 0.6 is 11.6 Å². The van der Waals surface area contributed by atoms with Crippen molar-refractivity contribution < 1.29 is 18.3 Å². The van der Waals surface area contributed by atoms with E-state index in [4.69, 9.17) is 16.7 Å². The Hall–Kier alpha value is -1.85. The van der Waals surface area contributed by atoms with E-state index < -0.39 is 26.8 Å². The van der Waals surface area contributed by atoms with Crippen molar-refractivity contribution >= 4 is 27.4 Å². The van der Waals surface area contributed by atoms with Gasteiger partial charge in [0.15, 0.2) is 9.84 Å². The summed E-state index contributed by atoms with van der Waals surface area (Å²) in [5.74, 6) is -2.22. The first-order chi connectivity index (χ1) is 10.3. The molecule has 0 radical (unpaired) electrons. The van der Waals surface area contributed by atoms with E-state index in [-0.39, 0.29) is 0 Å². The summed E-state index contributed by atoms with van der Waals surface area (Å²) in [6, 6.07) is 14.3. The molecule has 0 heterocycles. The molecule has 0 spiro atoms. The van der Waals surface area contributed by atoms with E-state index in [1.54, 1.807) is 30.3 Å². The lowest BCUT2D eigenvalue weighted by molar-refractivity contribution is -0.134. The predicted octanol–water partition coefficient (Wildman–Crippen LogP) is 3.57. The van der Waals surface area contributed by atoms with Gasteiger partial charge < -0.3 is 5.11 Å². The van der Waals surface area contributed by atoms with Crippen molar-refractivity contribution in [2.75, 3.05) is 5.75 Å². The number of aliphatic carboxylic acids is 1. The maximum absolute atomic E-state index is 11.9. The Kier molecular flexibility index (Phi) is 4.88. The summed E-state index contributed by atoms with van der Waals surface area (Å²) < 4.78 is 23.9. The second-order valence-corrected chi connectivity index (χ2v) is 7.67. The van der Waals surface area contributed by atoms with E-state index >= 15 is 0 Å². The molecule has 0 saturated heterocycles. The van der Waals surface area contributed by atoms with E-state index in [1.807, 2.05) is 18.2 Å². The van der Waals surface area contributed by atoms with Crippen molar-refractivity contribution in [2.24, 2.45) is 0 Å². The van der Waals surface area contributed by atoms with Crippen LogP contribution in [0, 0.1) is 0 Å². The highest BCUT2D eigenvalue weighted by atomic mass is 35.5. The molecule has 1 unspecified atom stereocenters. The molecule has 2 rings (SSSR count). The molecule has 0 bridgehead atoms. The molecule has 0 fully saturated rings. The lowest BCUT2D eigenvalue weighted by Gasteiger charge is -2.13. The second kappa shape index (κ2) is 6.50. The lowest BCUT2D eigenvalue weighted by Crippen LogP contribution is -2.20. The van der Waals surface area contributed by atoms with Crippen LogP contribution in [0.5, 0.6) is 0 Å². The largest absolute Gasteiger partial charge is 0.480 e. The first kappa shape index (κ1) is 16.5. The molecule has 1 N–H and O–H groups in total. The quantitative estimate of drug-likeness (QED) is 0.904. The van der Waals surface area contributed by atoms with Crippen LogP contribution in [-0.2, 0) is 14.6 Å². The minimum atomic E-state index is -3.72. The molecule has 0 amide bonds. The fourth-order valence-electron chi connectivity index (χ4n) is 2.13. The number of carbonyl (C=O) groups is 1. The van der Waals surface area contributed by atoms with Gasteiger partial charge >= 0.3 is 5.97 Å². The maximum Gasteiger partial charge on any atom is 0.318 e. The SMILES string of the molecule is CC(c1ccc(-c2ccccc2Cl)cc1)S(=O)(=O)CC(=O)O. The second-order valence-electron chi connectivity index (χ2n) is 4.95. The molecule has 2 aromatic carbocycles. The van der Waals surface area contributed by atoms with Crippen molar-refractivity contribution in [3.63, 3.8) is 0 Å². The zero-order valence-electron chi connectivity index (χ0n) is 11.9. The van der Waals surface area contributed by atoms with Gasteiger partial charge in [0.1, 0.15) is 5.75 Å². The zero-order chi connectivity index (χ0) is 16.3. The Balaban J connectivity index is 2.30. The Labute approximate surface area is 134 Å². The van der Waals surface area contributed by atoms with Gasteiger partial charge in [0, 0.05) is 10.6 Å². The first-order valence-corrected chi connectivity index (χ1v) is 8.69. The molecule has 1 atom stereocenters. The molecule has 0 aromatic heterocycles. The third-order valence-electron chi connectivity index (χ3n) is 3.43. The Morgan fingerprint density at radius 3 is 2.27 bits per heavy atom. The molecular formula is C16H15ClO4S. The Morgan fingerprint density at radius 2 is 1.73 bits per heavy atom. The molecule has 0 aliphatic carbocycles. The molecule has 22 heavy (non-hydrogen) atoms. The minimum Gasteiger partial charge on any atom is -0.480 e. The van der Waals surface area contributed by atoms with Crippen LogP contribution in [0.25, 0.3) is 11.1 Å². The summed E-state index contributed by atoms with van der Waals surface area (Å²) in [5, 5.41) is 8.42. The van der Waals surface area contributed by atoms with Crippen LogP contribution in [0.4, 0.5) is 0 Å². The Morgan fingerprint density at radius 1 is 1.14 bits per heavy atom. The smallest absolute Gasteiger partial charge is 0.318 e. The number of benzene rings is 2. The van der Waals surface area contributed by atoms with Gasteiger partial charge in [0.05, 0.1) is 5.25 Å². The summed E-state index contributed by atoms with van der Waals surface area (Å²) in [6.45, 7) is 1.49. The fourth-order valence-corrected chi connectivity index (χ4v) is 3.54. The number of carboxylic acid groups (broad SMARTS) is 1. The topological polar surface area (TPSA) is 71.4 Å². The molecule has 2 aromatic rings. The van der Waals surface area contributed by atoms with E-state index in [9.17, 15) is 13.2 Å². The van der Waals surface area contributed by atoms with E-state index in [2.05, 4.69) is 0 Å². The minimum absolute atomic E-state index is 0.553. The predicted molar refractivity (Wildman–Crippen MR) is 86.7 cm³/mol. The van der Waals surface area contributed by atoms with Gasteiger partial charge in [-0.25, -0.2) is 8.42 Å². The van der Waals surface area contributed by atoms with Crippen LogP contribution < -0.4 is 0 Å². The summed E-state index contributed by atoms with van der Waals surface area (Å²) in [6.07, 6.45) is 0. The van der Waals surface area contributed by atoms with Crippen molar-refractivity contribution in [3.05, 3.63) is 59.1 Å². The van der Waals surface area contributed by atoms with Gasteiger partial charge in [-0.1, -0.05) is 54.1 Å². The number of halogens is 1. The number of hydrogen-bond donors (Lipinski definition) is 1. The molecule has 0 aliphatic heterocycles. The van der Waals surface area contributed by atoms with Crippen LogP contribution in [-0.4, -0.2) is 25.2 Å². The highest BCUT2D eigenvalue weighted by Gasteiger charge is 2.25. The summed E-state index contributed by atoms with van der Waals surface area (Å²) in [4.78, 5) is 10.6. The van der Waals surface area contributed by atoms with Crippen molar-refractivity contribution in [3.8, 4) is 11.1 Å². The zero-order valence-corrected chi connectivity index (χ0v) is 13.4. The third-order valence-corrected chi connectivity index (χ3v) is 5.76. The van der Waals surface area contributed by atoms with Gasteiger partial charge in [-0.15, -0.1) is 0 Å². The fraction of sp³-hybridized carbons (Fsp3) is 0.188. The van der Waals surface area contributed by atoms with Crippen LogP contribution in [0.15, 0.2) is 48.5 Å². The van der Waals surface area contributed by atoms with E-state index in [1.165, 1.54) is 6.92 Å². The third kappa shape index (κ3) is 3.67. The highest BCUT2D eigenvalue weighted by Crippen LogP contribution is 2.30.